The maximum absolute atomic E-state index is 12.8. The number of hydrogen-bond acceptors (Lipinski definition) is 5. The van der Waals surface area contributed by atoms with Crippen LogP contribution in [0.2, 0.25) is 0 Å². The van der Waals surface area contributed by atoms with Gasteiger partial charge in [0.15, 0.2) is 0 Å². The highest BCUT2D eigenvalue weighted by Gasteiger charge is 2.28. The van der Waals surface area contributed by atoms with Crippen LogP contribution in [0, 0.1) is 6.92 Å². The van der Waals surface area contributed by atoms with Gasteiger partial charge in [-0.05, 0) is 30.8 Å². The molecular weight excluding hydrogens is 308 g/mol. The molecule has 0 spiro atoms. The van der Waals surface area contributed by atoms with E-state index >= 15 is 0 Å². The Morgan fingerprint density at radius 3 is 2.81 bits per heavy atom. The van der Waals surface area contributed by atoms with Gasteiger partial charge < -0.3 is 10.4 Å². The number of hydrogen-bond donors (Lipinski definition) is 2. The predicted molar refractivity (Wildman–Crippen MR) is 87.1 cm³/mol. The van der Waals surface area contributed by atoms with E-state index in [1.54, 1.807) is 6.92 Å². The number of aliphatic hydroxyl groups is 1. The molecule has 0 atom stereocenters. The van der Waals surface area contributed by atoms with Gasteiger partial charge in [-0.3, -0.25) is 0 Å². The minimum atomic E-state index is -3.61. The summed E-state index contributed by atoms with van der Waals surface area (Å²) in [5.41, 5.74) is 0.750. The van der Waals surface area contributed by atoms with Crippen LogP contribution in [0.25, 0.3) is 0 Å². The molecule has 0 amide bonds. The van der Waals surface area contributed by atoms with Gasteiger partial charge in [0.2, 0.25) is 10.0 Å². The van der Waals surface area contributed by atoms with E-state index in [2.05, 4.69) is 18.8 Å². The highest BCUT2D eigenvalue weighted by molar-refractivity contribution is 7.89. The van der Waals surface area contributed by atoms with E-state index in [1.165, 1.54) is 21.7 Å². The molecule has 0 saturated carbocycles. The quantitative estimate of drug-likeness (QED) is 0.506. The van der Waals surface area contributed by atoms with E-state index in [0.29, 0.717) is 11.4 Å². The zero-order chi connectivity index (χ0) is 15.9. The summed E-state index contributed by atoms with van der Waals surface area (Å²) in [6, 6.07) is 0. The summed E-state index contributed by atoms with van der Waals surface area (Å²) < 4.78 is 26.8. The molecule has 0 bridgehead atoms. The monoisotopic (exact) mass is 332 g/mol. The van der Waals surface area contributed by atoms with Gasteiger partial charge in [0.05, 0.1) is 6.61 Å². The number of rotatable bonds is 10. The molecule has 0 aliphatic rings. The highest BCUT2D eigenvalue weighted by atomic mass is 32.2. The molecule has 5 nitrogen and oxygen atoms in total. The van der Waals surface area contributed by atoms with Gasteiger partial charge in [-0.2, -0.15) is 4.31 Å². The lowest BCUT2D eigenvalue weighted by atomic mass is 10.3. The Balaban J connectivity index is 3.10. The standard InChI is InChI=1S/C14H24N2O3S2/c1-4-6-15-10-13-14(12(3)11-20-13)21(18,19)16(7-5-2)8-9-17/h5,11,15,17H,2,4,6-10H2,1,3H3. The lowest BCUT2D eigenvalue weighted by Crippen LogP contribution is -2.34. The molecule has 7 heteroatoms. The fourth-order valence-corrected chi connectivity index (χ4v) is 5.16. The fourth-order valence-electron chi connectivity index (χ4n) is 2.03. The summed E-state index contributed by atoms with van der Waals surface area (Å²) in [6.45, 7) is 8.91. The fraction of sp³-hybridized carbons (Fsp3) is 0.571. The molecule has 0 radical (unpaired) electrons. The summed E-state index contributed by atoms with van der Waals surface area (Å²) >= 11 is 1.45. The van der Waals surface area contributed by atoms with Crippen LogP contribution >= 0.6 is 11.3 Å². The molecule has 1 rings (SSSR count). The summed E-state index contributed by atoms with van der Waals surface area (Å²) in [6.07, 6.45) is 2.53. The van der Waals surface area contributed by atoms with Crippen molar-refractivity contribution in [2.45, 2.75) is 31.7 Å². The molecule has 120 valence electrons. The minimum Gasteiger partial charge on any atom is -0.395 e. The van der Waals surface area contributed by atoms with Gasteiger partial charge in [-0.1, -0.05) is 13.0 Å². The molecule has 1 aromatic heterocycles. The van der Waals surface area contributed by atoms with Gasteiger partial charge in [-0.25, -0.2) is 8.42 Å². The van der Waals surface area contributed by atoms with Crippen molar-refractivity contribution in [2.75, 3.05) is 26.2 Å². The number of thiophene rings is 1. The molecule has 0 aromatic carbocycles. The average molecular weight is 332 g/mol. The number of aliphatic hydroxyl groups excluding tert-OH is 1. The third-order valence-electron chi connectivity index (χ3n) is 2.98. The van der Waals surface area contributed by atoms with Crippen LogP contribution in [0.4, 0.5) is 0 Å². The summed E-state index contributed by atoms with van der Waals surface area (Å²) in [4.78, 5) is 1.18. The van der Waals surface area contributed by atoms with Crippen molar-refractivity contribution in [3.63, 3.8) is 0 Å². The number of aryl methyl sites for hydroxylation is 1. The molecule has 0 fully saturated rings. The van der Waals surface area contributed by atoms with Gasteiger partial charge >= 0.3 is 0 Å². The van der Waals surface area contributed by atoms with Gasteiger partial charge in [0.25, 0.3) is 0 Å². The Kier molecular flexibility index (Phi) is 7.55. The first kappa shape index (κ1) is 18.3. The maximum Gasteiger partial charge on any atom is 0.244 e. The topological polar surface area (TPSA) is 69.6 Å². The van der Waals surface area contributed by atoms with E-state index in [0.717, 1.165) is 23.4 Å². The zero-order valence-electron chi connectivity index (χ0n) is 12.6. The molecular formula is C14H24N2O3S2. The SMILES string of the molecule is C=CCN(CCO)S(=O)(=O)c1c(C)csc1CNCCC. The third-order valence-corrected chi connectivity index (χ3v) is 6.31. The van der Waals surface area contributed by atoms with Crippen LogP contribution in [0.1, 0.15) is 23.8 Å². The average Bonchev–Trinajstić information content (AvgIpc) is 2.80. The van der Waals surface area contributed by atoms with Crippen molar-refractivity contribution in [3.8, 4) is 0 Å². The van der Waals surface area contributed by atoms with E-state index < -0.39 is 10.0 Å². The maximum atomic E-state index is 12.8. The van der Waals surface area contributed by atoms with Crippen LogP contribution in [0.3, 0.4) is 0 Å². The van der Waals surface area contributed by atoms with Crippen molar-refractivity contribution < 1.29 is 13.5 Å². The molecule has 2 N–H and O–H groups in total. The molecule has 0 unspecified atom stereocenters. The largest absolute Gasteiger partial charge is 0.395 e. The molecule has 0 aliphatic carbocycles. The van der Waals surface area contributed by atoms with Crippen LogP contribution in [0.5, 0.6) is 0 Å². The molecule has 1 heterocycles. The van der Waals surface area contributed by atoms with Crippen LogP contribution < -0.4 is 5.32 Å². The summed E-state index contributed by atoms with van der Waals surface area (Å²) in [7, 11) is -3.61. The Morgan fingerprint density at radius 2 is 2.24 bits per heavy atom. The first-order chi connectivity index (χ1) is 9.98. The third kappa shape index (κ3) is 4.62. The number of sulfonamides is 1. The second-order valence-corrected chi connectivity index (χ2v) is 7.56. The van der Waals surface area contributed by atoms with Crippen LogP contribution in [-0.2, 0) is 16.6 Å². The molecule has 1 aromatic rings. The van der Waals surface area contributed by atoms with Crippen molar-refractivity contribution >= 4 is 21.4 Å². The number of nitrogens with zero attached hydrogens (tertiary/aromatic N) is 1. The first-order valence-corrected chi connectivity index (χ1v) is 9.30. The Hall–Kier alpha value is -0.730. The minimum absolute atomic E-state index is 0.0749. The van der Waals surface area contributed by atoms with Crippen LogP contribution in [0.15, 0.2) is 22.9 Å². The van der Waals surface area contributed by atoms with Crippen molar-refractivity contribution in [1.29, 1.82) is 0 Å². The highest BCUT2D eigenvalue weighted by Crippen LogP contribution is 2.29. The normalized spacial score (nSPS) is 12.0. The predicted octanol–water partition coefficient (Wildman–Crippen LogP) is 1.73. The van der Waals surface area contributed by atoms with E-state index in [-0.39, 0.29) is 19.7 Å². The van der Waals surface area contributed by atoms with Gasteiger partial charge in [0, 0.05) is 24.5 Å². The summed E-state index contributed by atoms with van der Waals surface area (Å²) in [5, 5.41) is 14.2. The molecule has 21 heavy (non-hydrogen) atoms. The van der Waals surface area contributed by atoms with Crippen molar-refractivity contribution in [3.05, 3.63) is 28.5 Å². The number of nitrogens with one attached hydrogen (secondary N) is 1. The van der Waals surface area contributed by atoms with Crippen LogP contribution in [-0.4, -0.2) is 44.1 Å². The Morgan fingerprint density at radius 1 is 1.52 bits per heavy atom. The van der Waals surface area contributed by atoms with Gasteiger partial charge in [0.1, 0.15) is 4.90 Å². The Bertz CT molecular complexity index is 553. The van der Waals surface area contributed by atoms with Gasteiger partial charge in [-0.15, -0.1) is 17.9 Å². The lowest BCUT2D eigenvalue weighted by molar-refractivity contribution is 0.260. The van der Waals surface area contributed by atoms with Crippen molar-refractivity contribution in [2.24, 2.45) is 0 Å². The Labute approximate surface area is 131 Å². The second kappa shape index (κ2) is 8.65. The lowest BCUT2D eigenvalue weighted by Gasteiger charge is -2.20. The smallest absolute Gasteiger partial charge is 0.244 e. The van der Waals surface area contributed by atoms with E-state index in [4.69, 9.17) is 5.11 Å². The van der Waals surface area contributed by atoms with Crippen molar-refractivity contribution in [1.82, 2.24) is 9.62 Å². The molecule has 0 saturated heterocycles. The zero-order valence-corrected chi connectivity index (χ0v) is 14.3. The molecule has 0 aliphatic heterocycles. The van der Waals surface area contributed by atoms with E-state index in [9.17, 15) is 8.42 Å². The summed E-state index contributed by atoms with van der Waals surface area (Å²) in [5.74, 6) is 0. The second-order valence-electron chi connectivity index (χ2n) is 4.72. The first-order valence-electron chi connectivity index (χ1n) is 6.98. The van der Waals surface area contributed by atoms with E-state index in [1.807, 2.05) is 5.38 Å².